The zero-order chi connectivity index (χ0) is 38.0. The van der Waals surface area contributed by atoms with Crippen molar-refractivity contribution >= 4 is 22.6 Å². The number of alkyl halides is 1. The fourth-order valence-corrected chi connectivity index (χ4v) is 12.4. The normalized spacial score (nSPS) is 29.9. The van der Waals surface area contributed by atoms with Crippen molar-refractivity contribution in [2.75, 3.05) is 0 Å². The quantitative estimate of drug-likeness (QED) is 0.175. The molecule has 0 bridgehead atoms. The Bertz CT molecular complexity index is 1760. The molecule has 5 unspecified atom stereocenters. The third kappa shape index (κ3) is 7.19. The van der Waals surface area contributed by atoms with Crippen LogP contribution in [0.15, 0.2) is 95.1 Å². The van der Waals surface area contributed by atoms with Gasteiger partial charge in [0.1, 0.15) is 0 Å². The van der Waals surface area contributed by atoms with Gasteiger partial charge < -0.3 is 0 Å². The van der Waals surface area contributed by atoms with Gasteiger partial charge in [-0.3, -0.25) is 0 Å². The number of aryl methyl sites for hydroxylation is 1. The van der Waals surface area contributed by atoms with Gasteiger partial charge in [0.2, 0.25) is 0 Å². The van der Waals surface area contributed by atoms with E-state index in [1.54, 1.807) is 33.4 Å². The van der Waals surface area contributed by atoms with Crippen molar-refractivity contribution in [2.45, 2.75) is 150 Å². The van der Waals surface area contributed by atoms with E-state index in [1.807, 2.05) is 0 Å². The lowest BCUT2D eigenvalue weighted by molar-refractivity contribution is 0.193. The van der Waals surface area contributed by atoms with Gasteiger partial charge in [-0.05, 0) is 147 Å². The van der Waals surface area contributed by atoms with Crippen molar-refractivity contribution < 1.29 is 0 Å². The second-order valence-corrected chi connectivity index (χ2v) is 21.7. The molecule has 0 saturated heterocycles. The van der Waals surface area contributed by atoms with E-state index in [4.69, 9.17) is 0 Å². The van der Waals surface area contributed by atoms with Crippen LogP contribution in [0.25, 0.3) is 0 Å². The third-order valence-corrected chi connectivity index (χ3v) is 16.4. The van der Waals surface area contributed by atoms with Crippen LogP contribution in [0.1, 0.15) is 156 Å². The van der Waals surface area contributed by atoms with Crippen LogP contribution in [0.4, 0.5) is 0 Å². The van der Waals surface area contributed by atoms with Crippen molar-refractivity contribution in [3.05, 3.63) is 117 Å². The Morgan fingerprint density at radius 1 is 0.585 bits per heavy atom. The highest BCUT2D eigenvalue weighted by Crippen LogP contribution is 2.61. The van der Waals surface area contributed by atoms with Crippen LogP contribution in [0.2, 0.25) is 0 Å². The fraction of sp³-hybridized carbons (Fsp3) is 0.615. The van der Waals surface area contributed by atoms with Gasteiger partial charge in [0.05, 0.1) is 0 Å². The lowest BCUT2D eigenvalue weighted by Crippen LogP contribution is -2.43. The summed E-state index contributed by atoms with van der Waals surface area (Å²) in [4.78, 5) is 0. The first-order chi connectivity index (χ1) is 25.0. The fourth-order valence-electron chi connectivity index (χ4n) is 11.9. The maximum atomic E-state index is 2.90. The van der Waals surface area contributed by atoms with Crippen molar-refractivity contribution in [2.24, 2.45) is 51.2 Å². The first kappa shape index (κ1) is 39.4. The first-order valence-corrected chi connectivity index (χ1v) is 23.2. The topological polar surface area (TPSA) is 0 Å². The van der Waals surface area contributed by atoms with E-state index in [-0.39, 0.29) is 27.1 Å². The molecule has 0 aromatic heterocycles. The summed E-state index contributed by atoms with van der Waals surface area (Å²) in [6.07, 6.45) is 25.4. The third-order valence-electron chi connectivity index (χ3n) is 15.6. The van der Waals surface area contributed by atoms with Gasteiger partial charge in [0, 0.05) is 9.84 Å². The molecule has 0 radical (unpaired) electrons. The summed E-state index contributed by atoms with van der Waals surface area (Å²) in [5.41, 5.74) is 13.5. The maximum Gasteiger partial charge on any atom is 0.0247 e. The minimum Gasteiger partial charge on any atom is -0.0812 e. The Kier molecular flexibility index (Phi) is 10.8. The zero-order valence-electron chi connectivity index (χ0n) is 35.2. The Labute approximate surface area is 339 Å². The van der Waals surface area contributed by atoms with Crippen molar-refractivity contribution in [3.8, 4) is 0 Å². The molecule has 53 heavy (non-hydrogen) atoms. The second kappa shape index (κ2) is 14.6. The van der Waals surface area contributed by atoms with Crippen LogP contribution >= 0.6 is 22.6 Å². The average Bonchev–Trinajstić information content (AvgIpc) is 3.67. The average molecular weight is 823 g/mol. The summed E-state index contributed by atoms with van der Waals surface area (Å²) in [6, 6.07) is 20.1. The molecule has 7 rings (SSSR count). The molecule has 286 valence electrons. The lowest BCUT2D eigenvalue weighted by atomic mass is 9.52. The molecule has 0 heterocycles. The Morgan fingerprint density at radius 2 is 1.02 bits per heavy atom. The molecule has 5 atom stereocenters. The van der Waals surface area contributed by atoms with Crippen LogP contribution in [0, 0.1) is 51.2 Å². The molecule has 0 nitrogen and oxygen atoms in total. The molecular weight excluding hydrogens is 751 g/mol. The molecule has 3 saturated carbocycles. The predicted molar refractivity (Wildman–Crippen MR) is 238 cm³/mol. The van der Waals surface area contributed by atoms with Crippen molar-refractivity contribution in [1.29, 1.82) is 0 Å². The smallest absolute Gasteiger partial charge is 0.0247 e. The minimum absolute atomic E-state index is 0.0250. The highest BCUT2D eigenvalue weighted by atomic mass is 127. The molecule has 1 heteroatoms. The summed E-state index contributed by atoms with van der Waals surface area (Å²) in [7, 11) is 0. The van der Waals surface area contributed by atoms with Gasteiger partial charge in [0.15, 0.2) is 0 Å². The summed E-state index contributed by atoms with van der Waals surface area (Å²) in [5, 5.41) is 0. The highest BCUT2D eigenvalue weighted by Gasteiger charge is 2.51. The van der Waals surface area contributed by atoms with Crippen LogP contribution < -0.4 is 0 Å². The second-order valence-electron chi connectivity index (χ2n) is 21.0. The van der Waals surface area contributed by atoms with Crippen LogP contribution in [-0.2, 0) is 16.3 Å². The van der Waals surface area contributed by atoms with Crippen molar-refractivity contribution in [1.82, 2.24) is 0 Å². The number of benzene rings is 2. The predicted octanol–water partition coefficient (Wildman–Crippen LogP) is 15.4. The first-order valence-electron chi connectivity index (χ1n) is 21.7. The van der Waals surface area contributed by atoms with E-state index in [1.165, 1.54) is 75.3 Å². The number of hydrogen-bond donors (Lipinski definition) is 0. The van der Waals surface area contributed by atoms with E-state index in [2.05, 4.69) is 165 Å². The van der Waals surface area contributed by atoms with E-state index < -0.39 is 0 Å². The molecule has 5 aliphatic carbocycles. The SMILES string of the molecule is CCCc1ccc(C(CC2C=C3C(=CC2C2C=C4C(=CC2C)C(C)(C)CCC4(C)C)C(C)(C)CCC3(C)C)(c2ccc(CI)cc2)C2CCCC2)cc1. The molecule has 2 aromatic rings. The number of rotatable bonds is 9. The van der Waals surface area contributed by atoms with Gasteiger partial charge in [-0.1, -0.05) is 184 Å². The number of halogens is 1. The maximum absolute atomic E-state index is 2.90. The Balaban J connectivity index is 1.44. The monoisotopic (exact) mass is 822 g/mol. The van der Waals surface area contributed by atoms with Gasteiger partial charge in [-0.15, -0.1) is 0 Å². The number of fused-ring (bicyclic) bond motifs is 2. The number of allylic oxidation sites excluding steroid dienone is 8. The van der Waals surface area contributed by atoms with E-state index in [0.717, 1.165) is 10.8 Å². The highest BCUT2D eigenvalue weighted by molar-refractivity contribution is 14.1. The van der Waals surface area contributed by atoms with Crippen molar-refractivity contribution in [3.63, 3.8) is 0 Å². The standard InChI is InChI=1S/C52H71I/c1-11-14-36-17-21-40(22-18-36)52(39-15-12-13-16-39,41-23-19-37(34-53)20-24-41)33-38-30-45-47(51(9,10)28-26-49(45,5)6)32-43(38)42-31-46-44(29-35(42)2)48(3,4)25-27-50(46,7)8/h17-24,29-32,35,38-39,42-43H,11-16,25-28,33-34H2,1-10H3. The molecule has 0 N–H and O–H groups in total. The molecular formula is C52H71I. The van der Waals surface area contributed by atoms with Crippen LogP contribution in [-0.4, -0.2) is 0 Å². The molecule has 0 amide bonds. The summed E-state index contributed by atoms with van der Waals surface area (Å²) >= 11 is 2.54. The molecule has 5 aliphatic rings. The van der Waals surface area contributed by atoms with Gasteiger partial charge in [-0.2, -0.15) is 0 Å². The molecule has 0 spiro atoms. The zero-order valence-corrected chi connectivity index (χ0v) is 37.3. The van der Waals surface area contributed by atoms with Gasteiger partial charge >= 0.3 is 0 Å². The minimum atomic E-state index is -0.0250. The molecule has 0 aliphatic heterocycles. The Morgan fingerprint density at radius 3 is 1.49 bits per heavy atom. The van der Waals surface area contributed by atoms with Gasteiger partial charge in [0.25, 0.3) is 0 Å². The summed E-state index contributed by atoms with van der Waals surface area (Å²) in [5.74, 6) is 2.58. The Hall–Kier alpha value is -1.87. The lowest BCUT2D eigenvalue weighted by Gasteiger charge is -2.52. The number of hydrogen-bond acceptors (Lipinski definition) is 0. The van der Waals surface area contributed by atoms with Crippen LogP contribution in [0.5, 0.6) is 0 Å². The summed E-state index contributed by atoms with van der Waals surface area (Å²) in [6.45, 7) is 25.1. The van der Waals surface area contributed by atoms with E-state index in [0.29, 0.717) is 29.6 Å². The summed E-state index contributed by atoms with van der Waals surface area (Å²) < 4.78 is 1.06. The van der Waals surface area contributed by atoms with E-state index in [9.17, 15) is 0 Å². The van der Waals surface area contributed by atoms with E-state index >= 15 is 0 Å². The molecule has 3 fully saturated rings. The van der Waals surface area contributed by atoms with Crippen LogP contribution in [0.3, 0.4) is 0 Å². The largest absolute Gasteiger partial charge is 0.0812 e. The molecule has 2 aromatic carbocycles. The van der Waals surface area contributed by atoms with Gasteiger partial charge in [-0.25, -0.2) is 0 Å².